The summed E-state index contributed by atoms with van der Waals surface area (Å²) in [4.78, 5) is 15.2. The number of nitrogen functional groups attached to an aromatic ring is 1. The quantitative estimate of drug-likeness (QED) is 0.625. The van der Waals surface area contributed by atoms with Crippen LogP contribution in [0, 0.1) is 0 Å². The number of rotatable bonds is 3. The Morgan fingerprint density at radius 3 is 2.93 bits per heavy atom. The van der Waals surface area contributed by atoms with E-state index in [0.717, 1.165) is 18.7 Å². The van der Waals surface area contributed by atoms with Crippen molar-refractivity contribution >= 4 is 17.0 Å². The molecule has 6 nitrogen and oxygen atoms in total. The average Bonchev–Trinajstić information content (AvgIpc) is 2.59. The first-order valence-corrected chi connectivity index (χ1v) is 4.46. The first kappa shape index (κ1) is 8.89. The number of H-pyrrole nitrogens is 1. The summed E-state index contributed by atoms with van der Waals surface area (Å²) in [6, 6.07) is 0. The molecule has 0 saturated heterocycles. The second-order valence-electron chi connectivity index (χ2n) is 3.03. The number of aryl methyl sites for hydroxylation is 1. The van der Waals surface area contributed by atoms with Gasteiger partial charge in [-0.3, -0.25) is 0 Å². The van der Waals surface area contributed by atoms with E-state index in [2.05, 4.69) is 19.9 Å². The molecule has 0 aromatic carbocycles. The minimum absolute atomic E-state index is 0.432. The van der Waals surface area contributed by atoms with Gasteiger partial charge in [0.25, 0.3) is 0 Å². The lowest BCUT2D eigenvalue weighted by Crippen LogP contribution is -2.01. The summed E-state index contributed by atoms with van der Waals surface area (Å²) in [6.45, 7) is 0.651. The molecule has 0 unspecified atom stereocenters. The van der Waals surface area contributed by atoms with Crippen LogP contribution in [0.15, 0.2) is 6.33 Å². The summed E-state index contributed by atoms with van der Waals surface area (Å²) in [5.74, 6) is 1.29. The maximum Gasteiger partial charge on any atom is 0.183 e. The third-order valence-electron chi connectivity index (χ3n) is 1.98. The van der Waals surface area contributed by atoms with Gasteiger partial charge in [0.05, 0.1) is 0 Å². The molecule has 0 bridgehead atoms. The fourth-order valence-corrected chi connectivity index (χ4v) is 1.28. The lowest BCUT2D eigenvalue weighted by atomic mass is 10.3. The molecule has 0 aliphatic heterocycles. The van der Waals surface area contributed by atoms with Crippen LogP contribution >= 0.6 is 0 Å². The Hall–Kier alpha value is -1.69. The highest BCUT2D eigenvalue weighted by molar-refractivity contribution is 5.80. The topological polar surface area (TPSA) is 106 Å². The summed E-state index contributed by atoms with van der Waals surface area (Å²) in [6.07, 6.45) is 3.12. The normalized spacial score (nSPS) is 10.9. The molecule has 0 spiro atoms. The molecule has 0 saturated carbocycles. The van der Waals surface area contributed by atoms with E-state index in [-0.39, 0.29) is 0 Å². The van der Waals surface area contributed by atoms with E-state index >= 15 is 0 Å². The molecule has 14 heavy (non-hydrogen) atoms. The zero-order chi connectivity index (χ0) is 9.97. The first-order valence-electron chi connectivity index (χ1n) is 4.46. The lowest BCUT2D eigenvalue weighted by molar-refractivity contribution is 0.796. The summed E-state index contributed by atoms with van der Waals surface area (Å²) < 4.78 is 0. The smallest absolute Gasteiger partial charge is 0.183 e. The van der Waals surface area contributed by atoms with Crippen LogP contribution in [0.25, 0.3) is 11.2 Å². The predicted octanol–water partition coefficient (Wildman–Crippen LogP) is -0.174. The summed E-state index contributed by atoms with van der Waals surface area (Å²) in [5, 5.41) is 0. The van der Waals surface area contributed by atoms with Crippen molar-refractivity contribution in [1.29, 1.82) is 0 Å². The summed E-state index contributed by atoms with van der Waals surface area (Å²) in [5.41, 5.74) is 12.4. The molecule has 5 N–H and O–H groups in total. The van der Waals surface area contributed by atoms with Crippen molar-refractivity contribution in [2.45, 2.75) is 12.8 Å². The number of nitrogens with zero attached hydrogens (tertiary/aromatic N) is 3. The number of nitrogens with two attached hydrogens (primary N) is 2. The van der Waals surface area contributed by atoms with Crippen LogP contribution in [0.2, 0.25) is 0 Å². The number of nitrogens with one attached hydrogen (secondary N) is 1. The Balaban J connectivity index is 2.36. The minimum Gasteiger partial charge on any atom is -0.382 e. The second-order valence-corrected chi connectivity index (χ2v) is 3.03. The van der Waals surface area contributed by atoms with Gasteiger partial charge in [0.1, 0.15) is 17.7 Å². The van der Waals surface area contributed by atoms with Gasteiger partial charge in [-0.05, 0) is 13.0 Å². The van der Waals surface area contributed by atoms with E-state index in [4.69, 9.17) is 11.5 Å². The fourth-order valence-electron chi connectivity index (χ4n) is 1.28. The molecule has 0 amide bonds. The van der Waals surface area contributed by atoms with Crippen LogP contribution in [0.4, 0.5) is 5.82 Å². The fraction of sp³-hybridized carbons (Fsp3) is 0.375. The number of aromatic nitrogens is 4. The third-order valence-corrected chi connectivity index (χ3v) is 1.98. The largest absolute Gasteiger partial charge is 0.382 e. The number of hydrogen-bond donors (Lipinski definition) is 3. The Morgan fingerprint density at radius 2 is 2.21 bits per heavy atom. The first-order chi connectivity index (χ1) is 6.81. The maximum atomic E-state index is 5.65. The number of fused-ring (bicyclic) bond motifs is 1. The molecule has 2 heterocycles. The van der Waals surface area contributed by atoms with E-state index in [1.54, 1.807) is 0 Å². The molecule has 0 fully saturated rings. The second kappa shape index (κ2) is 3.59. The van der Waals surface area contributed by atoms with Crippen LogP contribution in [0.5, 0.6) is 0 Å². The standard InChI is InChI=1S/C8H12N6/c9-3-1-2-5-13-6-7(10)11-4-12-8(6)14-5/h4H,1-3,9H2,(H3,10,11,12,13,14). The van der Waals surface area contributed by atoms with Crippen molar-refractivity contribution in [3.8, 4) is 0 Å². The highest BCUT2D eigenvalue weighted by Gasteiger charge is 2.06. The van der Waals surface area contributed by atoms with E-state index in [1.165, 1.54) is 6.33 Å². The third kappa shape index (κ3) is 1.51. The molecule has 0 aliphatic rings. The number of imidazole rings is 1. The molecule has 2 aromatic heterocycles. The number of aromatic amines is 1. The van der Waals surface area contributed by atoms with Gasteiger partial charge < -0.3 is 16.5 Å². The molecule has 2 aromatic rings. The SMILES string of the molecule is NCCCc1nc2ncnc(N)c2[nH]1. The van der Waals surface area contributed by atoms with Gasteiger partial charge in [-0.1, -0.05) is 0 Å². The summed E-state index contributed by atoms with van der Waals surface area (Å²) >= 11 is 0. The van der Waals surface area contributed by atoms with Gasteiger partial charge >= 0.3 is 0 Å². The zero-order valence-corrected chi connectivity index (χ0v) is 7.70. The molecular weight excluding hydrogens is 180 g/mol. The molecule has 0 radical (unpaired) electrons. The van der Waals surface area contributed by atoms with Crippen LogP contribution in [-0.4, -0.2) is 26.5 Å². The van der Waals surface area contributed by atoms with E-state index in [1.807, 2.05) is 0 Å². The van der Waals surface area contributed by atoms with Crippen LogP contribution < -0.4 is 11.5 Å². The zero-order valence-electron chi connectivity index (χ0n) is 7.70. The van der Waals surface area contributed by atoms with E-state index < -0.39 is 0 Å². The van der Waals surface area contributed by atoms with Crippen molar-refractivity contribution in [3.63, 3.8) is 0 Å². The van der Waals surface area contributed by atoms with Gasteiger partial charge in [0.2, 0.25) is 0 Å². The van der Waals surface area contributed by atoms with Crippen LogP contribution in [0.1, 0.15) is 12.2 Å². The van der Waals surface area contributed by atoms with Crippen LogP contribution in [0.3, 0.4) is 0 Å². The van der Waals surface area contributed by atoms with Gasteiger partial charge in [0.15, 0.2) is 11.5 Å². The highest BCUT2D eigenvalue weighted by atomic mass is 15.0. The molecule has 6 heteroatoms. The highest BCUT2D eigenvalue weighted by Crippen LogP contribution is 2.13. The van der Waals surface area contributed by atoms with E-state index in [9.17, 15) is 0 Å². The minimum atomic E-state index is 0.432. The molecule has 74 valence electrons. The van der Waals surface area contributed by atoms with Crippen molar-refractivity contribution in [3.05, 3.63) is 12.2 Å². The van der Waals surface area contributed by atoms with E-state index in [0.29, 0.717) is 23.5 Å². The Labute approximate surface area is 80.8 Å². The number of anilines is 1. The van der Waals surface area contributed by atoms with Gasteiger partial charge in [0, 0.05) is 6.42 Å². The Morgan fingerprint density at radius 1 is 1.36 bits per heavy atom. The average molecular weight is 192 g/mol. The lowest BCUT2D eigenvalue weighted by Gasteiger charge is -1.91. The predicted molar refractivity (Wildman–Crippen MR) is 53.5 cm³/mol. The van der Waals surface area contributed by atoms with Crippen LogP contribution in [-0.2, 0) is 6.42 Å². The Kier molecular flexibility index (Phi) is 2.28. The van der Waals surface area contributed by atoms with Gasteiger partial charge in [-0.15, -0.1) is 0 Å². The van der Waals surface area contributed by atoms with Crippen molar-refractivity contribution < 1.29 is 0 Å². The van der Waals surface area contributed by atoms with Crippen molar-refractivity contribution in [1.82, 2.24) is 19.9 Å². The maximum absolute atomic E-state index is 5.65. The Bertz CT molecular complexity index is 434. The van der Waals surface area contributed by atoms with Gasteiger partial charge in [-0.2, -0.15) is 0 Å². The number of hydrogen-bond acceptors (Lipinski definition) is 5. The van der Waals surface area contributed by atoms with Gasteiger partial charge in [-0.25, -0.2) is 15.0 Å². The van der Waals surface area contributed by atoms with Crippen molar-refractivity contribution in [2.24, 2.45) is 5.73 Å². The van der Waals surface area contributed by atoms with Crippen molar-refractivity contribution in [2.75, 3.05) is 12.3 Å². The molecule has 0 atom stereocenters. The molecule has 2 rings (SSSR count). The summed E-state index contributed by atoms with van der Waals surface area (Å²) in [7, 11) is 0. The molecule has 0 aliphatic carbocycles. The monoisotopic (exact) mass is 192 g/mol. The molecular formula is C8H12N6.